The number of anilines is 1. The molecule has 0 aliphatic carbocycles. The van der Waals surface area contributed by atoms with Gasteiger partial charge in [-0.25, -0.2) is 9.97 Å². The van der Waals surface area contributed by atoms with Crippen LogP contribution in [-0.4, -0.2) is 29.0 Å². The third-order valence-corrected chi connectivity index (χ3v) is 6.70. The lowest BCUT2D eigenvalue weighted by Gasteiger charge is -2.32. The lowest BCUT2D eigenvalue weighted by atomic mass is 9.96. The Balaban J connectivity index is 1.40. The van der Waals surface area contributed by atoms with E-state index in [4.69, 9.17) is 10.00 Å². The molecule has 2 aromatic heterocycles. The number of piperidine rings is 1. The highest BCUT2D eigenvalue weighted by atomic mass is 32.1. The molecule has 1 fully saturated rings. The minimum atomic E-state index is -0.187. The fourth-order valence-corrected chi connectivity index (χ4v) is 4.74. The first-order chi connectivity index (χ1) is 14.1. The number of thiophene rings is 1. The summed E-state index contributed by atoms with van der Waals surface area (Å²) < 4.78 is 5.51. The zero-order valence-corrected chi connectivity index (χ0v) is 17.3. The molecule has 3 aromatic rings. The van der Waals surface area contributed by atoms with Crippen molar-refractivity contribution in [3.05, 3.63) is 52.2 Å². The molecule has 0 amide bonds. The maximum atomic E-state index is 12.5. The van der Waals surface area contributed by atoms with Crippen LogP contribution in [0.15, 0.2) is 30.6 Å². The van der Waals surface area contributed by atoms with Crippen LogP contribution in [0.4, 0.5) is 5.82 Å². The molecule has 6 nitrogen and oxygen atoms in total. The number of esters is 1. The number of aromatic nitrogens is 2. The second-order valence-corrected chi connectivity index (χ2v) is 8.50. The van der Waals surface area contributed by atoms with Gasteiger partial charge in [0.05, 0.1) is 22.9 Å². The van der Waals surface area contributed by atoms with Crippen LogP contribution in [0.5, 0.6) is 0 Å². The Bertz CT molecular complexity index is 1090. The fourth-order valence-electron chi connectivity index (χ4n) is 3.75. The number of benzene rings is 1. The van der Waals surface area contributed by atoms with E-state index in [-0.39, 0.29) is 18.5 Å². The zero-order valence-electron chi connectivity index (χ0n) is 16.5. The summed E-state index contributed by atoms with van der Waals surface area (Å²) in [6.07, 6.45) is 3.08. The highest BCUT2D eigenvalue weighted by molar-refractivity contribution is 7.18. The van der Waals surface area contributed by atoms with Crippen molar-refractivity contribution in [1.29, 1.82) is 5.26 Å². The molecule has 3 heterocycles. The first kappa shape index (κ1) is 19.3. The molecule has 0 spiro atoms. The van der Waals surface area contributed by atoms with E-state index in [0.717, 1.165) is 47.5 Å². The number of hydrogen-bond donors (Lipinski definition) is 0. The summed E-state index contributed by atoms with van der Waals surface area (Å²) in [7, 11) is 0. The number of rotatable bonds is 4. The third-order valence-electron chi connectivity index (χ3n) is 5.58. The van der Waals surface area contributed by atoms with Crippen molar-refractivity contribution in [3.8, 4) is 6.07 Å². The molecule has 148 valence electrons. The smallest absolute Gasteiger partial charge is 0.309 e. The lowest BCUT2D eigenvalue weighted by molar-refractivity contribution is -0.150. The van der Waals surface area contributed by atoms with Gasteiger partial charge in [-0.05, 0) is 38.3 Å². The van der Waals surface area contributed by atoms with Crippen molar-refractivity contribution in [2.24, 2.45) is 5.92 Å². The number of carbonyl (C=O) groups excluding carboxylic acids is 1. The molecule has 1 aromatic carbocycles. The zero-order chi connectivity index (χ0) is 20.4. The van der Waals surface area contributed by atoms with Crippen LogP contribution in [0, 0.1) is 31.1 Å². The standard InChI is InChI=1S/C22H22N4O2S/c1-14-15(2)29-21-19(14)20(24-13-25-21)26-9-7-16(8-10-26)22(27)28-12-18-6-4-3-5-17(18)11-23/h3-6,13,16H,7-10,12H2,1-2H3. The summed E-state index contributed by atoms with van der Waals surface area (Å²) in [6.45, 7) is 5.88. The van der Waals surface area contributed by atoms with E-state index in [1.54, 1.807) is 29.8 Å². The van der Waals surface area contributed by atoms with Gasteiger partial charge in [0.1, 0.15) is 23.6 Å². The molecule has 4 rings (SSSR count). The highest BCUT2D eigenvalue weighted by Crippen LogP contribution is 2.35. The first-order valence-corrected chi connectivity index (χ1v) is 10.5. The van der Waals surface area contributed by atoms with Crippen molar-refractivity contribution in [3.63, 3.8) is 0 Å². The summed E-state index contributed by atoms with van der Waals surface area (Å²) in [6, 6.07) is 9.34. The van der Waals surface area contributed by atoms with Gasteiger partial charge in [-0.3, -0.25) is 4.79 Å². The Kier molecular flexibility index (Phi) is 5.45. The molecular weight excluding hydrogens is 384 g/mol. The molecule has 0 atom stereocenters. The van der Waals surface area contributed by atoms with E-state index in [0.29, 0.717) is 5.56 Å². The predicted octanol–water partition coefficient (Wildman–Crippen LogP) is 4.14. The van der Waals surface area contributed by atoms with Crippen LogP contribution < -0.4 is 4.90 Å². The van der Waals surface area contributed by atoms with Crippen molar-refractivity contribution in [1.82, 2.24) is 9.97 Å². The van der Waals surface area contributed by atoms with E-state index in [1.807, 2.05) is 12.1 Å². The quantitative estimate of drug-likeness (QED) is 0.606. The largest absolute Gasteiger partial charge is 0.461 e. The second kappa shape index (κ2) is 8.18. The van der Waals surface area contributed by atoms with Crippen molar-refractivity contribution in [2.75, 3.05) is 18.0 Å². The molecule has 1 aliphatic rings. The van der Waals surface area contributed by atoms with Gasteiger partial charge >= 0.3 is 5.97 Å². The average molecular weight is 407 g/mol. The highest BCUT2D eigenvalue weighted by Gasteiger charge is 2.28. The molecule has 0 radical (unpaired) electrons. The van der Waals surface area contributed by atoms with E-state index < -0.39 is 0 Å². The molecule has 29 heavy (non-hydrogen) atoms. The molecule has 0 N–H and O–H groups in total. The van der Waals surface area contributed by atoms with Crippen molar-refractivity contribution < 1.29 is 9.53 Å². The number of hydrogen-bond acceptors (Lipinski definition) is 7. The van der Waals surface area contributed by atoms with Crippen LogP contribution >= 0.6 is 11.3 Å². The van der Waals surface area contributed by atoms with E-state index >= 15 is 0 Å². The number of nitrogens with zero attached hydrogens (tertiary/aromatic N) is 4. The predicted molar refractivity (Wildman–Crippen MR) is 113 cm³/mol. The van der Waals surface area contributed by atoms with Gasteiger partial charge in [0.15, 0.2) is 0 Å². The number of carbonyl (C=O) groups is 1. The lowest BCUT2D eigenvalue weighted by Crippen LogP contribution is -2.37. The summed E-state index contributed by atoms with van der Waals surface area (Å²) >= 11 is 1.70. The first-order valence-electron chi connectivity index (χ1n) is 9.68. The minimum Gasteiger partial charge on any atom is -0.461 e. The van der Waals surface area contributed by atoms with Gasteiger partial charge < -0.3 is 9.64 Å². The Hall–Kier alpha value is -2.98. The van der Waals surface area contributed by atoms with Crippen LogP contribution in [0.1, 0.15) is 34.4 Å². The van der Waals surface area contributed by atoms with Gasteiger partial charge in [-0.1, -0.05) is 18.2 Å². The third kappa shape index (κ3) is 3.81. The van der Waals surface area contributed by atoms with Gasteiger partial charge in [-0.2, -0.15) is 5.26 Å². The van der Waals surface area contributed by atoms with Crippen molar-refractivity contribution >= 4 is 33.3 Å². The molecular formula is C22H22N4O2S. The Labute approximate surface area is 173 Å². The van der Waals surface area contributed by atoms with Gasteiger partial charge in [-0.15, -0.1) is 11.3 Å². The minimum absolute atomic E-state index is 0.122. The molecule has 1 aliphatic heterocycles. The van der Waals surface area contributed by atoms with Gasteiger partial charge in [0, 0.05) is 23.5 Å². The number of ether oxygens (including phenoxy) is 1. The Morgan fingerprint density at radius 2 is 2.03 bits per heavy atom. The molecule has 0 saturated carbocycles. The SMILES string of the molecule is Cc1sc2ncnc(N3CCC(C(=O)OCc4ccccc4C#N)CC3)c2c1C. The van der Waals surface area contributed by atoms with Crippen LogP contribution in [-0.2, 0) is 16.1 Å². The summed E-state index contributed by atoms with van der Waals surface area (Å²) in [5.74, 6) is 0.655. The molecule has 7 heteroatoms. The monoisotopic (exact) mass is 406 g/mol. The Morgan fingerprint density at radius 1 is 1.28 bits per heavy atom. The fraction of sp³-hybridized carbons (Fsp3) is 0.364. The van der Waals surface area contributed by atoms with Gasteiger partial charge in [0.2, 0.25) is 0 Å². The Morgan fingerprint density at radius 3 is 2.79 bits per heavy atom. The van der Waals surface area contributed by atoms with Crippen LogP contribution in [0.2, 0.25) is 0 Å². The maximum absolute atomic E-state index is 12.5. The van der Waals surface area contributed by atoms with E-state index in [2.05, 4.69) is 34.8 Å². The van der Waals surface area contributed by atoms with Crippen LogP contribution in [0.25, 0.3) is 10.2 Å². The maximum Gasteiger partial charge on any atom is 0.309 e. The normalized spacial score (nSPS) is 14.7. The number of fused-ring (bicyclic) bond motifs is 1. The topological polar surface area (TPSA) is 79.1 Å². The molecule has 0 unspecified atom stereocenters. The van der Waals surface area contributed by atoms with E-state index in [9.17, 15) is 4.79 Å². The summed E-state index contributed by atoms with van der Waals surface area (Å²) in [5.41, 5.74) is 2.52. The molecule has 0 bridgehead atoms. The van der Waals surface area contributed by atoms with Gasteiger partial charge in [0.25, 0.3) is 0 Å². The average Bonchev–Trinajstić information content (AvgIpc) is 3.06. The second-order valence-electron chi connectivity index (χ2n) is 7.30. The molecule has 1 saturated heterocycles. The summed E-state index contributed by atoms with van der Waals surface area (Å²) in [4.78, 5) is 26.0. The number of nitriles is 1. The number of aryl methyl sites for hydroxylation is 2. The van der Waals surface area contributed by atoms with Crippen molar-refractivity contribution in [2.45, 2.75) is 33.3 Å². The summed E-state index contributed by atoms with van der Waals surface area (Å²) in [5, 5.41) is 10.3. The van der Waals surface area contributed by atoms with Crippen LogP contribution in [0.3, 0.4) is 0 Å². The van der Waals surface area contributed by atoms with E-state index in [1.165, 1.54) is 10.4 Å².